The Bertz CT molecular complexity index is 1260. The zero-order valence-corrected chi connectivity index (χ0v) is 17.5. The highest BCUT2D eigenvalue weighted by molar-refractivity contribution is 7.92. The van der Waals surface area contributed by atoms with Crippen molar-refractivity contribution in [1.82, 2.24) is 4.72 Å². The van der Waals surface area contributed by atoms with Crippen molar-refractivity contribution >= 4 is 37.3 Å². The van der Waals surface area contributed by atoms with Gasteiger partial charge in [0.15, 0.2) is 0 Å². The average molecular weight is 446 g/mol. The first-order chi connectivity index (χ1) is 14.2. The van der Waals surface area contributed by atoms with Crippen molar-refractivity contribution in [2.45, 2.75) is 9.79 Å². The topological polar surface area (TPSA) is 121 Å². The minimum atomic E-state index is -3.87. The SMILES string of the molecule is CNS(=O)(=O)c1ccc(NC(=O)c2cccc(S(=O)(=O)Nc3ccccc3)c2)cc1. The molecule has 156 valence electrons. The van der Waals surface area contributed by atoms with Crippen LogP contribution in [0, 0.1) is 0 Å². The number of hydrogen-bond acceptors (Lipinski definition) is 5. The maximum absolute atomic E-state index is 12.6. The Kier molecular flexibility index (Phi) is 6.20. The van der Waals surface area contributed by atoms with E-state index in [0.717, 1.165) is 0 Å². The van der Waals surface area contributed by atoms with E-state index in [0.29, 0.717) is 11.4 Å². The van der Waals surface area contributed by atoms with Gasteiger partial charge in [0.2, 0.25) is 10.0 Å². The molecule has 0 bridgehead atoms. The van der Waals surface area contributed by atoms with Gasteiger partial charge in [-0.05, 0) is 61.6 Å². The Morgan fingerprint density at radius 3 is 2.00 bits per heavy atom. The second kappa shape index (κ2) is 8.66. The minimum absolute atomic E-state index is 0.0584. The average Bonchev–Trinajstić information content (AvgIpc) is 2.74. The Balaban J connectivity index is 1.78. The molecule has 0 atom stereocenters. The Morgan fingerprint density at radius 2 is 1.37 bits per heavy atom. The van der Waals surface area contributed by atoms with Crippen LogP contribution in [0.1, 0.15) is 10.4 Å². The van der Waals surface area contributed by atoms with Crippen LogP contribution in [0.4, 0.5) is 11.4 Å². The second-order valence-corrected chi connectivity index (χ2v) is 9.75. The third kappa shape index (κ3) is 5.03. The number of para-hydroxylation sites is 1. The molecule has 0 aliphatic heterocycles. The van der Waals surface area contributed by atoms with E-state index in [1.165, 1.54) is 55.6 Å². The number of nitrogens with one attached hydrogen (secondary N) is 3. The van der Waals surface area contributed by atoms with Gasteiger partial charge in [-0.15, -0.1) is 0 Å². The Morgan fingerprint density at radius 1 is 0.700 bits per heavy atom. The number of amides is 1. The standard InChI is InChI=1S/C20H19N3O5S2/c1-21-29(25,26)18-12-10-16(11-13-18)22-20(24)15-6-5-9-19(14-15)30(27,28)23-17-7-3-2-4-8-17/h2-14,21,23H,1H3,(H,22,24). The Hall–Kier alpha value is -3.21. The molecule has 8 nitrogen and oxygen atoms in total. The lowest BCUT2D eigenvalue weighted by atomic mass is 10.2. The van der Waals surface area contributed by atoms with Crippen LogP contribution in [-0.4, -0.2) is 29.8 Å². The van der Waals surface area contributed by atoms with E-state index >= 15 is 0 Å². The van der Waals surface area contributed by atoms with Gasteiger partial charge in [0.25, 0.3) is 15.9 Å². The molecule has 0 saturated carbocycles. The highest BCUT2D eigenvalue weighted by atomic mass is 32.2. The molecule has 0 aromatic heterocycles. The molecule has 0 unspecified atom stereocenters. The minimum Gasteiger partial charge on any atom is -0.322 e. The van der Waals surface area contributed by atoms with Gasteiger partial charge in [0, 0.05) is 16.9 Å². The fourth-order valence-electron chi connectivity index (χ4n) is 2.56. The summed E-state index contributed by atoms with van der Waals surface area (Å²) in [6.07, 6.45) is 0. The van der Waals surface area contributed by atoms with E-state index in [1.54, 1.807) is 30.3 Å². The predicted molar refractivity (Wildman–Crippen MR) is 114 cm³/mol. The summed E-state index contributed by atoms with van der Waals surface area (Å²) >= 11 is 0. The van der Waals surface area contributed by atoms with Crippen LogP contribution in [0.2, 0.25) is 0 Å². The quantitative estimate of drug-likeness (QED) is 0.516. The molecule has 3 rings (SSSR count). The predicted octanol–water partition coefficient (Wildman–Crippen LogP) is 2.65. The van der Waals surface area contributed by atoms with Gasteiger partial charge < -0.3 is 5.32 Å². The Labute approximate surface area is 175 Å². The molecule has 3 N–H and O–H groups in total. The normalized spacial score (nSPS) is 11.6. The summed E-state index contributed by atoms with van der Waals surface area (Å²) in [4.78, 5) is 12.5. The van der Waals surface area contributed by atoms with Gasteiger partial charge in [0.1, 0.15) is 0 Å². The lowest BCUT2D eigenvalue weighted by Gasteiger charge is -2.10. The molecule has 3 aromatic carbocycles. The van der Waals surface area contributed by atoms with Crippen molar-refractivity contribution in [3.05, 3.63) is 84.4 Å². The van der Waals surface area contributed by atoms with Crippen LogP contribution in [-0.2, 0) is 20.0 Å². The molecular formula is C20H19N3O5S2. The van der Waals surface area contributed by atoms with Crippen LogP contribution in [0.3, 0.4) is 0 Å². The molecule has 1 amide bonds. The molecule has 0 heterocycles. The van der Waals surface area contributed by atoms with E-state index in [1.807, 2.05) is 0 Å². The van der Waals surface area contributed by atoms with E-state index in [2.05, 4.69) is 14.8 Å². The van der Waals surface area contributed by atoms with E-state index < -0.39 is 26.0 Å². The maximum Gasteiger partial charge on any atom is 0.261 e. The highest BCUT2D eigenvalue weighted by Crippen LogP contribution is 2.19. The molecule has 0 fully saturated rings. The van der Waals surface area contributed by atoms with E-state index in [4.69, 9.17) is 0 Å². The molecule has 0 saturated heterocycles. The zero-order valence-electron chi connectivity index (χ0n) is 15.9. The summed E-state index contributed by atoms with van der Waals surface area (Å²) in [6.45, 7) is 0. The largest absolute Gasteiger partial charge is 0.322 e. The number of sulfonamides is 2. The van der Waals surface area contributed by atoms with Crippen molar-refractivity contribution in [2.24, 2.45) is 0 Å². The number of hydrogen-bond donors (Lipinski definition) is 3. The van der Waals surface area contributed by atoms with Crippen molar-refractivity contribution in [3.63, 3.8) is 0 Å². The lowest BCUT2D eigenvalue weighted by Crippen LogP contribution is -2.18. The fourth-order valence-corrected chi connectivity index (χ4v) is 4.40. The summed E-state index contributed by atoms with van der Waals surface area (Å²) in [5, 5.41) is 2.61. The van der Waals surface area contributed by atoms with Crippen LogP contribution in [0.25, 0.3) is 0 Å². The summed E-state index contributed by atoms with van der Waals surface area (Å²) in [5.74, 6) is -0.531. The molecule has 0 spiro atoms. The fraction of sp³-hybridized carbons (Fsp3) is 0.0500. The van der Waals surface area contributed by atoms with Crippen LogP contribution in [0.5, 0.6) is 0 Å². The van der Waals surface area contributed by atoms with Crippen LogP contribution in [0.15, 0.2) is 88.7 Å². The maximum atomic E-state index is 12.6. The number of carbonyl (C=O) groups is 1. The van der Waals surface area contributed by atoms with E-state index in [-0.39, 0.29) is 15.4 Å². The summed E-state index contributed by atoms with van der Waals surface area (Å²) in [6, 6.07) is 19.6. The van der Waals surface area contributed by atoms with Crippen LogP contribution >= 0.6 is 0 Å². The molecular weight excluding hydrogens is 426 g/mol. The van der Waals surface area contributed by atoms with Crippen molar-refractivity contribution in [2.75, 3.05) is 17.1 Å². The molecule has 10 heteroatoms. The summed E-state index contributed by atoms with van der Waals surface area (Å²) < 4.78 is 53.3. The monoisotopic (exact) mass is 445 g/mol. The van der Waals surface area contributed by atoms with Gasteiger partial charge in [-0.2, -0.15) is 0 Å². The summed E-state index contributed by atoms with van der Waals surface area (Å²) in [5.41, 5.74) is 0.910. The van der Waals surface area contributed by atoms with Crippen LogP contribution < -0.4 is 14.8 Å². The first-order valence-corrected chi connectivity index (χ1v) is 11.7. The molecule has 0 aliphatic rings. The van der Waals surface area contributed by atoms with Gasteiger partial charge >= 0.3 is 0 Å². The summed E-state index contributed by atoms with van der Waals surface area (Å²) in [7, 11) is -6.15. The number of rotatable bonds is 7. The molecule has 0 aliphatic carbocycles. The van der Waals surface area contributed by atoms with Gasteiger partial charge in [0.05, 0.1) is 9.79 Å². The van der Waals surface area contributed by atoms with Crippen molar-refractivity contribution in [3.8, 4) is 0 Å². The van der Waals surface area contributed by atoms with Gasteiger partial charge in [-0.3, -0.25) is 9.52 Å². The first-order valence-electron chi connectivity index (χ1n) is 8.74. The highest BCUT2D eigenvalue weighted by Gasteiger charge is 2.17. The lowest BCUT2D eigenvalue weighted by molar-refractivity contribution is 0.102. The first kappa shape index (κ1) is 21.5. The number of carbonyl (C=O) groups excluding carboxylic acids is 1. The smallest absolute Gasteiger partial charge is 0.261 e. The van der Waals surface area contributed by atoms with Crippen molar-refractivity contribution < 1.29 is 21.6 Å². The third-order valence-corrected chi connectivity index (χ3v) is 6.93. The van der Waals surface area contributed by atoms with Crippen molar-refractivity contribution in [1.29, 1.82) is 0 Å². The molecule has 0 radical (unpaired) electrons. The third-order valence-electron chi connectivity index (χ3n) is 4.12. The number of anilines is 2. The number of benzene rings is 3. The second-order valence-electron chi connectivity index (χ2n) is 6.19. The zero-order chi connectivity index (χ0) is 21.8. The van der Waals surface area contributed by atoms with Gasteiger partial charge in [-0.25, -0.2) is 21.6 Å². The van der Waals surface area contributed by atoms with E-state index in [9.17, 15) is 21.6 Å². The molecule has 3 aromatic rings. The van der Waals surface area contributed by atoms with Gasteiger partial charge in [-0.1, -0.05) is 24.3 Å². The molecule has 30 heavy (non-hydrogen) atoms.